The van der Waals surface area contributed by atoms with Crippen molar-refractivity contribution in [1.29, 1.82) is 0 Å². The van der Waals surface area contributed by atoms with E-state index in [-0.39, 0.29) is 0 Å². The van der Waals surface area contributed by atoms with Crippen LogP contribution in [-0.4, -0.2) is 17.7 Å². The van der Waals surface area contributed by atoms with Gasteiger partial charge in [0.2, 0.25) is 0 Å². The van der Waals surface area contributed by atoms with Crippen LogP contribution in [0.3, 0.4) is 0 Å². The van der Waals surface area contributed by atoms with Crippen molar-refractivity contribution in [3.63, 3.8) is 0 Å². The number of ether oxygens (including phenoxy) is 1. The van der Waals surface area contributed by atoms with E-state index in [1.165, 1.54) is 35.5 Å². The second-order valence-corrected chi connectivity index (χ2v) is 5.69. The smallest absolute Gasteiger partial charge is 0.119 e. The first-order valence-electron chi connectivity index (χ1n) is 8.29. The largest absolute Gasteiger partial charge is 0.494 e. The van der Waals surface area contributed by atoms with Crippen LogP contribution in [0.25, 0.3) is 5.69 Å². The maximum absolute atomic E-state index is 5.52. The van der Waals surface area contributed by atoms with Gasteiger partial charge in [0, 0.05) is 23.6 Å². The maximum atomic E-state index is 5.52. The standard InChI is InChI=1S/C19H28N2O/c1-5-7-12-20-14-17-13-15(3)21(16(17)4)18-8-10-19(11-9-18)22-6-2/h8-11,13,20H,5-7,12,14H2,1-4H3. The zero-order valence-electron chi connectivity index (χ0n) is 14.3. The van der Waals surface area contributed by atoms with Gasteiger partial charge in [-0.25, -0.2) is 0 Å². The first-order chi connectivity index (χ1) is 10.7. The SMILES string of the molecule is CCCCNCc1cc(C)n(-c2ccc(OCC)cc2)c1C. The molecule has 0 amide bonds. The van der Waals surface area contributed by atoms with Crippen LogP contribution in [0.4, 0.5) is 0 Å². The molecule has 0 saturated carbocycles. The third-order valence-electron chi connectivity index (χ3n) is 3.96. The molecule has 22 heavy (non-hydrogen) atoms. The Labute approximate surface area is 134 Å². The Kier molecular flexibility index (Phi) is 6.08. The monoisotopic (exact) mass is 300 g/mol. The molecule has 0 fully saturated rings. The molecule has 1 aromatic heterocycles. The van der Waals surface area contributed by atoms with Crippen molar-refractivity contribution in [3.05, 3.63) is 47.3 Å². The molecule has 2 rings (SSSR count). The molecule has 120 valence electrons. The van der Waals surface area contributed by atoms with Crippen LogP contribution in [0, 0.1) is 13.8 Å². The number of hydrogen-bond acceptors (Lipinski definition) is 2. The lowest BCUT2D eigenvalue weighted by Crippen LogP contribution is -2.14. The number of unbranched alkanes of at least 4 members (excludes halogenated alkanes) is 1. The zero-order chi connectivity index (χ0) is 15.9. The summed E-state index contributed by atoms with van der Waals surface area (Å²) in [5.74, 6) is 0.926. The van der Waals surface area contributed by atoms with E-state index in [9.17, 15) is 0 Å². The van der Waals surface area contributed by atoms with E-state index in [1.807, 2.05) is 19.1 Å². The predicted molar refractivity (Wildman–Crippen MR) is 93.0 cm³/mol. The third-order valence-corrected chi connectivity index (χ3v) is 3.96. The minimum absolute atomic E-state index is 0.703. The average molecular weight is 300 g/mol. The normalized spacial score (nSPS) is 10.9. The Bertz CT molecular complexity index is 584. The van der Waals surface area contributed by atoms with E-state index in [1.54, 1.807) is 0 Å². The molecule has 1 heterocycles. The summed E-state index contributed by atoms with van der Waals surface area (Å²) in [6.45, 7) is 11.3. The molecule has 3 nitrogen and oxygen atoms in total. The quantitative estimate of drug-likeness (QED) is 0.732. The molecule has 0 bridgehead atoms. The first kappa shape index (κ1) is 16.6. The van der Waals surface area contributed by atoms with E-state index in [0.717, 1.165) is 18.8 Å². The minimum Gasteiger partial charge on any atom is -0.494 e. The third kappa shape index (κ3) is 3.92. The van der Waals surface area contributed by atoms with Crippen molar-refractivity contribution in [2.45, 2.75) is 47.1 Å². The molecule has 0 unspecified atom stereocenters. The molecular formula is C19H28N2O. The molecular weight excluding hydrogens is 272 g/mol. The maximum Gasteiger partial charge on any atom is 0.119 e. The van der Waals surface area contributed by atoms with Gasteiger partial charge in [-0.1, -0.05) is 13.3 Å². The van der Waals surface area contributed by atoms with Gasteiger partial charge >= 0.3 is 0 Å². The highest BCUT2D eigenvalue weighted by atomic mass is 16.5. The Balaban J connectivity index is 2.15. The van der Waals surface area contributed by atoms with Crippen LogP contribution in [0.1, 0.15) is 43.6 Å². The molecule has 0 radical (unpaired) electrons. The number of aryl methyl sites for hydroxylation is 1. The van der Waals surface area contributed by atoms with Crippen LogP contribution in [0.5, 0.6) is 5.75 Å². The van der Waals surface area contributed by atoms with Crippen molar-refractivity contribution in [3.8, 4) is 11.4 Å². The fraction of sp³-hybridized carbons (Fsp3) is 0.474. The van der Waals surface area contributed by atoms with Gasteiger partial charge in [-0.3, -0.25) is 0 Å². The van der Waals surface area contributed by atoms with Crippen LogP contribution in [0.2, 0.25) is 0 Å². The fourth-order valence-corrected chi connectivity index (χ4v) is 2.79. The Morgan fingerprint density at radius 3 is 2.45 bits per heavy atom. The highest BCUT2D eigenvalue weighted by Gasteiger charge is 2.10. The van der Waals surface area contributed by atoms with Gasteiger partial charge in [-0.15, -0.1) is 0 Å². The summed E-state index contributed by atoms with van der Waals surface area (Å²) in [7, 11) is 0. The second-order valence-electron chi connectivity index (χ2n) is 5.69. The molecule has 0 saturated heterocycles. The molecule has 3 heteroatoms. The zero-order valence-corrected chi connectivity index (χ0v) is 14.3. The molecule has 0 aliphatic heterocycles. The number of benzene rings is 1. The van der Waals surface area contributed by atoms with Crippen LogP contribution < -0.4 is 10.1 Å². The summed E-state index contributed by atoms with van der Waals surface area (Å²) in [6, 6.07) is 10.6. The summed E-state index contributed by atoms with van der Waals surface area (Å²) in [5, 5.41) is 3.53. The molecule has 0 spiro atoms. The van der Waals surface area contributed by atoms with Gasteiger partial charge in [0.1, 0.15) is 5.75 Å². The lowest BCUT2D eigenvalue weighted by atomic mass is 10.2. The van der Waals surface area contributed by atoms with E-state index in [4.69, 9.17) is 4.74 Å². The number of rotatable bonds is 8. The topological polar surface area (TPSA) is 26.2 Å². The van der Waals surface area contributed by atoms with Gasteiger partial charge in [-0.2, -0.15) is 0 Å². The molecule has 1 N–H and O–H groups in total. The Morgan fingerprint density at radius 2 is 1.82 bits per heavy atom. The summed E-state index contributed by atoms with van der Waals surface area (Å²) < 4.78 is 7.83. The number of hydrogen-bond donors (Lipinski definition) is 1. The highest BCUT2D eigenvalue weighted by molar-refractivity contribution is 5.43. The minimum atomic E-state index is 0.703. The summed E-state index contributed by atoms with van der Waals surface area (Å²) in [6.07, 6.45) is 2.47. The second kappa shape index (κ2) is 8.04. The molecule has 0 aliphatic rings. The van der Waals surface area contributed by atoms with E-state index < -0.39 is 0 Å². The van der Waals surface area contributed by atoms with E-state index in [0.29, 0.717) is 6.61 Å². The number of nitrogens with zero attached hydrogens (tertiary/aromatic N) is 1. The summed E-state index contributed by atoms with van der Waals surface area (Å²) in [5.41, 5.74) is 5.15. The summed E-state index contributed by atoms with van der Waals surface area (Å²) in [4.78, 5) is 0. The number of aromatic nitrogens is 1. The van der Waals surface area contributed by atoms with Gasteiger partial charge in [0.25, 0.3) is 0 Å². The summed E-state index contributed by atoms with van der Waals surface area (Å²) >= 11 is 0. The van der Waals surface area contributed by atoms with Crippen molar-refractivity contribution in [1.82, 2.24) is 9.88 Å². The van der Waals surface area contributed by atoms with Crippen molar-refractivity contribution < 1.29 is 4.74 Å². The first-order valence-corrected chi connectivity index (χ1v) is 8.29. The van der Waals surface area contributed by atoms with Crippen molar-refractivity contribution in [2.24, 2.45) is 0 Å². The molecule has 0 aliphatic carbocycles. The van der Waals surface area contributed by atoms with Gasteiger partial charge in [-0.05, 0) is 69.6 Å². The Morgan fingerprint density at radius 1 is 1.09 bits per heavy atom. The van der Waals surface area contributed by atoms with E-state index >= 15 is 0 Å². The van der Waals surface area contributed by atoms with E-state index in [2.05, 4.69) is 48.9 Å². The van der Waals surface area contributed by atoms with Gasteiger partial charge in [0.05, 0.1) is 6.61 Å². The van der Waals surface area contributed by atoms with Crippen LogP contribution in [-0.2, 0) is 6.54 Å². The molecule has 1 aromatic carbocycles. The van der Waals surface area contributed by atoms with Gasteiger partial charge in [0.15, 0.2) is 0 Å². The van der Waals surface area contributed by atoms with Crippen molar-refractivity contribution in [2.75, 3.05) is 13.2 Å². The fourth-order valence-electron chi connectivity index (χ4n) is 2.79. The lowest BCUT2D eigenvalue weighted by molar-refractivity contribution is 0.340. The van der Waals surface area contributed by atoms with Crippen molar-refractivity contribution >= 4 is 0 Å². The Hall–Kier alpha value is -1.74. The van der Waals surface area contributed by atoms with Crippen LogP contribution >= 0.6 is 0 Å². The molecule has 2 aromatic rings. The predicted octanol–water partition coefficient (Wildman–Crippen LogP) is 4.38. The van der Waals surface area contributed by atoms with Crippen LogP contribution in [0.15, 0.2) is 30.3 Å². The average Bonchev–Trinajstić information content (AvgIpc) is 2.79. The number of nitrogens with one attached hydrogen (secondary N) is 1. The molecule has 0 atom stereocenters. The lowest BCUT2D eigenvalue weighted by Gasteiger charge is -2.11. The van der Waals surface area contributed by atoms with Gasteiger partial charge < -0.3 is 14.6 Å². The highest BCUT2D eigenvalue weighted by Crippen LogP contribution is 2.22.